The average molecular weight is 503 g/mol. The second-order valence-electron chi connectivity index (χ2n) is 7.67. The van der Waals surface area contributed by atoms with Gasteiger partial charge in [0.15, 0.2) is 11.6 Å². The molecule has 1 aliphatic rings. The molecule has 0 bridgehead atoms. The van der Waals surface area contributed by atoms with Crippen molar-refractivity contribution < 1.29 is 19.4 Å². The van der Waals surface area contributed by atoms with Crippen molar-refractivity contribution in [3.05, 3.63) is 42.1 Å². The van der Waals surface area contributed by atoms with Gasteiger partial charge in [0.05, 0.1) is 12.3 Å². The molecule has 34 heavy (non-hydrogen) atoms. The molecule has 0 aliphatic carbocycles. The third-order valence-electron chi connectivity index (χ3n) is 5.36. The fourth-order valence-corrected chi connectivity index (χ4v) is 4.95. The van der Waals surface area contributed by atoms with Crippen molar-refractivity contribution in [2.75, 3.05) is 37.9 Å². The largest absolute Gasteiger partial charge is 0.465 e. The van der Waals surface area contributed by atoms with Gasteiger partial charge >= 0.3 is 6.09 Å². The first-order valence-electron chi connectivity index (χ1n) is 10.8. The fourth-order valence-electron chi connectivity index (χ4n) is 3.50. The highest BCUT2D eigenvalue weighted by Gasteiger charge is 2.26. The lowest BCUT2D eigenvalue weighted by molar-refractivity contribution is 0.131. The summed E-state index contributed by atoms with van der Waals surface area (Å²) in [6, 6.07) is 5.63. The SMILES string of the molecule is COCCSc1cnc(Nc2nc(C3CCN(C(=O)O)CC3)ns2)c(Oc2cccnc2C)c1. The molecule has 0 aromatic carbocycles. The van der Waals surface area contributed by atoms with E-state index in [0.717, 1.165) is 22.2 Å². The van der Waals surface area contributed by atoms with E-state index in [1.807, 2.05) is 25.1 Å². The van der Waals surface area contributed by atoms with E-state index in [1.54, 1.807) is 31.3 Å². The summed E-state index contributed by atoms with van der Waals surface area (Å²) in [5.74, 6) is 3.41. The smallest absolute Gasteiger partial charge is 0.407 e. The second kappa shape index (κ2) is 11.4. The number of pyridine rings is 2. The van der Waals surface area contributed by atoms with Crippen LogP contribution in [0, 0.1) is 6.92 Å². The van der Waals surface area contributed by atoms with E-state index in [2.05, 4.69) is 24.6 Å². The first-order chi connectivity index (χ1) is 16.5. The number of methoxy groups -OCH3 is 1. The number of hydrogen-bond acceptors (Lipinski definition) is 10. The molecular weight excluding hydrogens is 476 g/mol. The minimum Gasteiger partial charge on any atom is -0.465 e. The molecule has 4 heterocycles. The van der Waals surface area contributed by atoms with Crippen molar-refractivity contribution in [1.29, 1.82) is 0 Å². The van der Waals surface area contributed by atoms with Crippen molar-refractivity contribution in [3.63, 3.8) is 0 Å². The van der Waals surface area contributed by atoms with Crippen LogP contribution in [-0.2, 0) is 4.74 Å². The summed E-state index contributed by atoms with van der Waals surface area (Å²) in [7, 11) is 1.68. The van der Waals surface area contributed by atoms with Gasteiger partial charge in [-0.3, -0.25) is 4.98 Å². The molecule has 0 spiro atoms. The van der Waals surface area contributed by atoms with Gasteiger partial charge in [-0.05, 0) is 38.0 Å². The van der Waals surface area contributed by atoms with Crippen molar-refractivity contribution in [1.82, 2.24) is 24.2 Å². The highest BCUT2D eigenvalue weighted by molar-refractivity contribution is 7.99. The minimum atomic E-state index is -0.877. The number of aryl methyl sites for hydroxylation is 1. The van der Waals surface area contributed by atoms with Crippen molar-refractivity contribution >= 4 is 40.3 Å². The Kier molecular flexibility index (Phi) is 8.14. The molecule has 12 heteroatoms. The Bertz CT molecular complexity index is 1120. The van der Waals surface area contributed by atoms with Crippen LogP contribution < -0.4 is 10.1 Å². The van der Waals surface area contributed by atoms with E-state index >= 15 is 0 Å². The predicted octanol–water partition coefficient (Wildman–Crippen LogP) is 4.77. The lowest BCUT2D eigenvalue weighted by Crippen LogP contribution is -2.37. The number of piperidine rings is 1. The molecule has 1 aliphatic heterocycles. The van der Waals surface area contributed by atoms with E-state index in [0.29, 0.717) is 55.0 Å². The van der Waals surface area contributed by atoms with E-state index in [-0.39, 0.29) is 5.92 Å². The highest BCUT2D eigenvalue weighted by Crippen LogP contribution is 2.35. The number of ether oxygens (including phenoxy) is 2. The van der Waals surface area contributed by atoms with Gasteiger partial charge in [0, 0.05) is 60.7 Å². The molecular formula is C22H26N6O4S2. The summed E-state index contributed by atoms with van der Waals surface area (Å²) in [5.41, 5.74) is 0.775. The molecule has 3 aromatic rings. The maximum Gasteiger partial charge on any atom is 0.407 e. The lowest BCUT2D eigenvalue weighted by Gasteiger charge is -2.28. The number of nitrogens with one attached hydrogen (secondary N) is 1. The topological polar surface area (TPSA) is 123 Å². The lowest BCUT2D eigenvalue weighted by atomic mass is 9.96. The molecule has 2 N–H and O–H groups in total. The molecule has 1 amide bonds. The zero-order valence-electron chi connectivity index (χ0n) is 18.9. The highest BCUT2D eigenvalue weighted by atomic mass is 32.2. The summed E-state index contributed by atoms with van der Waals surface area (Å²) in [6.45, 7) is 3.52. The number of amides is 1. The Labute approximate surface area is 205 Å². The summed E-state index contributed by atoms with van der Waals surface area (Å²) in [4.78, 5) is 27.1. The third-order valence-corrected chi connectivity index (χ3v) is 6.93. The normalized spacial score (nSPS) is 14.2. The van der Waals surface area contributed by atoms with Crippen LogP contribution in [0.3, 0.4) is 0 Å². The number of hydrogen-bond donors (Lipinski definition) is 2. The molecule has 1 fully saturated rings. The molecule has 0 saturated carbocycles. The van der Waals surface area contributed by atoms with E-state index in [1.165, 1.54) is 16.4 Å². The van der Waals surface area contributed by atoms with Gasteiger partial charge in [-0.2, -0.15) is 4.37 Å². The summed E-state index contributed by atoms with van der Waals surface area (Å²) >= 11 is 2.88. The van der Waals surface area contributed by atoms with E-state index in [4.69, 9.17) is 14.6 Å². The number of aromatic nitrogens is 4. The van der Waals surface area contributed by atoms with Crippen LogP contribution in [0.4, 0.5) is 15.7 Å². The first-order valence-corrected chi connectivity index (χ1v) is 12.6. The molecule has 0 unspecified atom stereocenters. The zero-order chi connectivity index (χ0) is 23.9. The molecule has 0 atom stereocenters. The maximum absolute atomic E-state index is 11.1. The molecule has 0 radical (unpaired) electrons. The number of rotatable bonds is 9. The predicted molar refractivity (Wildman–Crippen MR) is 131 cm³/mol. The van der Waals surface area contributed by atoms with Gasteiger partial charge in [0.2, 0.25) is 5.13 Å². The third kappa shape index (κ3) is 6.13. The molecule has 3 aromatic heterocycles. The van der Waals surface area contributed by atoms with Crippen LogP contribution in [0.1, 0.15) is 30.3 Å². The fraction of sp³-hybridized carbons (Fsp3) is 0.409. The summed E-state index contributed by atoms with van der Waals surface area (Å²) < 4.78 is 15.8. The van der Waals surface area contributed by atoms with Gasteiger partial charge in [0.1, 0.15) is 11.6 Å². The Hall–Kier alpha value is -2.96. The van der Waals surface area contributed by atoms with Gasteiger partial charge < -0.3 is 24.8 Å². The molecule has 1 saturated heterocycles. The van der Waals surface area contributed by atoms with Crippen LogP contribution in [0.5, 0.6) is 11.5 Å². The van der Waals surface area contributed by atoms with Crippen LogP contribution in [-0.4, -0.2) is 68.0 Å². The standard InChI is InChI=1S/C22H26N6O4S2/c1-14-17(4-3-7-23-14)32-18-12-16(33-11-10-31-2)13-24-20(18)26-21-25-19(27-34-21)15-5-8-28(9-6-15)22(29)30/h3-4,7,12-13,15H,5-6,8-11H2,1-2H3,(H,29,30)(H,24,25,26,27). The molecule has 10 nitrogen and oxygen atoms in total. The van der Waals surface area contributed by atoms with Crippen LogP contribution >= 0.6 is 23.3 Å². The quantitative estimate of drug-likeness (QED) is 0.312. The Morgan fingerprint density at radius 1 is 1.32 bits per heavy atom. The zero-order valence-corrected chi connectivity index (χ0v) is 20.6. The van der Waals surface area contributed by atoms with E-state index < -0.39 is 6.09 Å². The van der Waals surface area contributed by atoms with Crippen molar-refractivity contribution in [2.24, 2.45) is 0 Å². The maximum atomic E-state index is 11.1. The Morgan fingerprint density at radius 3 is 2.88 bits per heavy atom. The van der Waals surface area contributed by atoms with Crippen LogP contribution in [0.15, 0.2) is 35.5 Å². The van der Waals surface area contributed by atoms with Gasteiger partial charge in [0.25, 0.3) is 0 Å². The monoisotopic (exact) mass is 502 g/mol. The first kappa shape index (κ1) is 24.2. The Morgan fingerprint density at radius 2 is 2.15 bits per heavy atom. The number of nitrogens with zero attached hydrogens (tertiary/aromatic N) is 5. The summed E-state index contributed by atoms with van der Waals surface area (Å²) in [5, 5.41) is 13.0. The van der Waals surface area contributed by atoms with Crippen molar-refractivity contribution in [3.8, 4) is 11.5 Å². The van der Waals surface area contributed by atoms with Crippen LogP contribution in [0.2, 0.25) is 0 Å². The number of carboxylic acid groups (broad SMARTS) is 1. The number of likely N-dealkylation sites (tertiary alicyclic amines) is 1. The Balaban J connectivity index is 1.50. The number of thioether (sulfide) groups is 1. The van der Waals surface area contributed by atoms with Gasteiger partial charge in [-0.1, -0.05) is 0 Å². The number of carbonyl (C=O) groups is 1. The second-order valence-corrected chi connectivity index (χ2v) is 9.59. The van der Waals surface area contributed by atoms with E-state index in [9.17, 15) is 4.79 Å². The van der Waals surface area contributed by atoms with Crippen molar-refractivity contribution in [2.45, 2.75) is 30.6 Å². The number of anilines is 2. The molecule has 180 valence electrons. The average Bonchev–Trinajstić information content (AvgIpc) is 3.31. The summed E-state index contributed by atoms with van der Waals surface area (Å²) in [6.07, 6.45) is 4.06. The minimum absolute atomic E-state index is 0.142. The van der Waals surface area contributed by atoms with Crippen LogP contribution in [0.25, 0.3) is 0 Å². The van der Waals surface area contributed by atoms with Gasteiger partial charge in [-0.15, -0.1) is 11.8 Å². The van der Waals surface area contributed by atoms with Gasteiger partial charge in [-0.25, -0.2) is 14.8 Å². The molecule has 4 rings (SSSR count).